The Balaban J connectivity index is 1.16. The van der Waals surface area contributed by atoms with Crippen molar-refractivity contribution in [2.75, 3.05) is 0 Å². The minimum Gasteiger partial charge on any atom is -0.508 e. The van der Waals surface area contributed by atoms with Gasteiger partial charge in [0, 0.05) is 25.3 Å². The van der Waals surface area contributed by atoms with E-state index in [4.69, 9.17) is 24.4 Å². The minimum absolute atomic E-state index is 0.0497. The fourth-order valence-corrected chi connectivity index (χ4v) is 9.07. The molecular weight excluding hydrogens is 937 g/mol. The third kappa shape index (κ3) is 19.7. The largest absolute Gasteiger partial charge is 0.508 e. The number of Topliss-reactive ketones (excluding diaryl/α,β-unsaturated/α-hetero) is 2. The van der Waals surface area contributed by atoms with E-state index in [1.807, 2.05) is 65.8 Å². The van der Waals surface area contributed by atoms with Crippen LogP contribution < -0.4 is 4.74 Å². The molecule has 0 aliphatic heterocycles. The highest BCUT2D eigenvalue weighted by Gasteiger charge is 2.41. The van der Waals surface area contributed by atoms with Crippen LogP contribution in [-0.4, -0.2) is 68.4 Å². The number of aromatic hydroxyl groups is 2. The first-order chi connectivity index (χ1) is 34.8. The maximum absolute atomic E-state index is 13.4. The fraction of sp³-hybridized carbons (Fsp3) is 0.435. The number of phenols is 2. The van der Waals surface area contributed by atoms with Crippen LogP contribution in [0.5, 0.6) is 17.2 Å². The summed E-state index contributed by atoms with van der Waals surface area (Å²) in [6.07, 6.45) is 25.1. The lowest BCUT2D eigenvalue weighted by atomic mass is 9.71. The predicted molar refractivity (Wildman–Crippen MR) is 290 cm³/mol. The second-order valence-corrected chi connectivity index (χ2v) is 21.1. The third-order valence-corrected chi connectivity index (χ3v) is 13.4. The van der Waals surface area contributed by atoms with Crippen LogP contribution in [0.2, 0.25) is 0 Å². The van der Waals surface area contributed by atoms with Gasteiger partial charge in [-0.25, -0.2) is 0 Å². The average molecular weight is 1020 g/mol. The minimum atomic E-state index is -1.60. The van der Waals surface area contributed by atoms with Gasteiger partial charge in [-0.1, -0.05) is 151 Å². The molecule has 0 heterocycles. The predicted octanol–water partition coefficient (Wildman–Crippen LogP) is 12.4. The van der Waals surface area contributed by atoms with Crippen LogP contribution in [0, 0.1) is 22.7 Å². The standard InChI is InChI=1S/C62H78O12/c1-40(17-13-19-42(3)21-29-51-44(5)59(70)53(38-61(51,7)8)73-57(68)32-31-55(65)66)15-11-12-16-41(2)18-14-20-43(4)22-30-52-45(6)60(71)54(39-62(52,9)10)74-58(69)34-33-56(67)72-50-27-25-46(26-28-50)23-24-47-35-48(63)37-49(64)36-47/h13-14,17-30,35-37,40-41,53-55,63-66H,11-12,15-16,31-34,38-39H2,1-10H3/b17-13+,18-14+,24-23+,29-21+,30-22+,42-19+,43-20+. The van der Waals surface area contributed by atoms with E-state index in [9.17, 15) is 34.2 Å². The molecule has 0 aromatic heterocycles. The Morgan fingerprint density at radius 3 is 1.51 bits per heavy atom. The molecule has 4 atom stereocenters. The van der Waals surface area contributed by atoms with E-state index in [0.29, 0.717) is 47.1 Å². The Morgan fingerprint density at radius 2 is 1.05 bits per heavy atom. The molecule has 74 heavy (non-hydrogen) atoms. The van der Waals surface area contributed by atoms with Crippen LogP contribution in [0.3, 0.4) is 0 Å². The SMILES string of the molecule is CC1=C(/C=C/C(C)=C/C=C/C(C)CCCCC(C)/C=C/C=C(C)/C=C/C2=C(C)C(=O)C(OC(=O)CCC(O)O)CC2(C)C)C(C)(C)CC(OC(=O)CCC(=O)Oc2ccc(/C=C/c3cc(O)cc(O)c3)cc2)C1=O. The number of rotatable bonds is 24. The number of benzene rings is 2. The smallest absolute Gasteiger partial charge is 0.311 e. The van der Waals surface area contributed by atoms with Gasteiger partial charge in [-0.05, 0) is 121 Å². The van der Waals surface area contributed by atoms with Crippen molar-refractivity contribution < 1.29 is 58.6 Å². The van der Waals surface area contributed by atoms with Crippen LogP contribution >= 0.6 is 0 Å². The second-order valence-electron chi connectivity index (χ2n) is 21.1. The van der Waals surface area contributed by atoms with Crippen LogP contribution in [-0.2, 0) is 33.4 Å². The number of aliphatic hydroxyl groups is 2. The van der Waals surface area contributed by atoms with Crippen molar-refractivity contribution in [3.8, 4) is 17.2 Å². The normalized spacial score (nSPS) is 19.5. The summed E-state index contributed by atoms with van der Waals surface area (Å²) < 4.78 is 16.4. The Morgan fingerprint density at radius 1 is 0.622 bits per heavy atom. The van der Waals surface area contributed by atoms with Gasteiger partial charge in [0.05, 0.1) is 19.3 Å². The summed E-state index contributed by atoms with van der Waals surface area (Å²) in [6.45, 7) is 20.1. The van der Waals surface area contributed by atoms with Crippen molar-refractivity contribution in [3.05, 3.63) is 148 Å². The molecule has 0 bridgehead atoms. The lowest BCUT2D eigenvalue weighted by molar-refractivity contribution is -0.157. The molecule has 0 spiro atoms. The van der Waals surface area contributed by atoms with E-state index >= 15 is 0 Å². The number of ether oxygens (including phenoxy) is 3. The number of carbonyl (C=O) groups excluding carboxylic acids is 5. The number of allylic oxidation sites excluding steroid dienone is 14. The molecule has 2 aromatic rings. The van der Waals surface area contributed by atoms with E-state index in [1.54, 1.807) is 50.3 Å². The number of unbranched alkanes of at least 4 members (excludes halogenated alkanes) is 1. The number of carbonyl (C=O) groups is 5. The zero-order chi connectivity index (χ0) is 54.8. The van der Waals surface area contributed by atoms with E-state index in [2.05, 4.69) is 50.3 Å². The Kier molecular flexibility index (Phi) is 22.8. The summed E-state index contributed by atoms with van der Waals surface area (Å²) in [6, 6.07) is 11.0. The van der Waals surface area contributed by atoms with Crippen molar-refractivity contribution in [2.24, 2.45) is 22.7 Å². The zero-order valence-electron chi connectivity index (χ0n) is 45.0. The van der Waals surface area contributed by atoms with E-state index in [0.717, 1.165) is 53.5 Å². The number of hydrogen-bond acceptors (Lipinski definition) is 12. The average Bonchev–Trinajstić information content (AvgIpc) is 3.31. The highest BCUT2D eigenvalue weighted by molar-refractivity contribution is 6.02. The van der Waals surface area contributed by atoms with E-state index in [1.165, 1.54) is 18.2 Å². The van der Waals surface area contributed by atoms with E-state index < -0.39 is 47.2 Å². The molecule has 2 aliphatic rings. The van der Waals surface area contributed by atoms with Gasteiger partial charge in [0.1, 0.15) is 17.2 Å². The van der Waals surface area contributed by atoms with Crippen LogP contribution in [0.15, 0.2) is 137 Å². The summed E-state index contributed by atoms with van der Waals surface area (Å²) in [4.78, 5) is 64.1. The highest BCUT2D eigenvalue weighted by atomic mass is 16.6. The number of phenolic OH excluding ortho intramolecular Hbond substituents is 2. The van der Waals surface area contributed by atoms with Gasteiger partial charge in [-0.3, -0.25) is 24.0 Å². The van der Waals surface area contributed by atoms with Crippen LogP contribution in [0.4, 0.5) is 0 Å². The van der Waals surface area contributed by atoms with E-state index in [-0.39, 0.29) is 48.7 Å². The Hall–Kier alpha value is -6.63. The van der Waals surface area contributed by atoms with Crippen molar-refractivity contribution in [3.63, 3.8) is 0 Å². The lowest BCUT2D eigenvalue weighted by Crippen LogP contribution is -2.39. The van der Waals surface area contributed by atoms with Gasteiger partial charge in [-0.2, -0.15) is 0 Å². The zero-order valence-corrected chi connectivity index (χ0v) is 45.0. The summed E-state index contributed by atoms with van der Waals surface area (Å²) >= 11 is 0. The number of esters is 3. The van der Waals surface area contributed by atoms with Gasteiger partial charge in [0.25, 0.3) is 0 Å². The molecule has 0 radical (unpaired) electrons. The van der Waals surface area contributed by atoms with Crippen LogP contribution in [0.25, 0.3) is 12.2 Å². The molecule has 2 aromatic carbocycles. The first-order valence-corrected chi connectivity index (χ1v) is 25.7. The molecule has 0 amide bonds. The molecule has 12 heteroatoms. The lowest BCUT2D eigenvalue weighted by Gasteiger charge is -2.36. The van der Waals surface area contributed by atoms with Crippen molar-refractivity contribution >= 4 is 41.6 Å². The molecule has 4 N–H and O–H groups in total. The summed E-state index contributed by atoms with van der Waals surface area (Å²) in [5.74, 6) is -1.32. The quantitative estimate of drug-likeness (QED) is 0.0194. The molecule has 12 nitrogen and oxygen atoms in total. The molecule has 398 valence electrons. The maximum Gasteiger partial charge on any atom is 0.311 e. The topological polar surface area (TPSA) is 194 Å². The Bertz CT molecular complexity index is 2590. The van der Waals surface area contributed by atoms with Gasteiger partial charge in [0.15, 0.2) is 30.1 Å². The van der Waals surface area contributed by atoms with Gasteiger partial charge in [0.2, 0.25) is 0 Å². The third-order valence-electron chi connectivity index (χ3n) is 13.4. The monoisotopic (exact) mass is 1010 g/mol. The summed E-state index contributed by atoms with van der Waals surface area (Å²) in [5.41, 5.74) is 5.53. The molecule has 0 fully saturated rings. The Labute approximate surface area is 438 Å². The van der Waals surface area contributed by atoms with Gasteiger partial charge < -0.3 is 34.6 Å². The molecule has 4 rings (SSSR count). The number of hydrogen-bond donors (Lipinski definition) is 4. The number of aliphatic hydroxyl groups excluding tert-OH is 1. The molecule has 0 saturated heterocycles. The van der Waals surface area contributed by atoms with Crippen molar-refractivity contribution in [1.29, 1.82) is 0 Å². The highest BCUT2D eigenvalue weighted by Crippen LogP contribution is 2.42. The summed E-state index contributed by atoms with van der Waals surface area (Å²) in [7, 11) is 0. The molecule has 4 unspecified atom stereocenters. The molecular formula is C62H78O12. The second kappa shape index (κ2) is 28.2. The first-order valence-electron chi connectivity index (χ1n) is 25.7. The van der Waals surface area contributed by atoms with Gasteiger partial charge in [-0.15, -0.1) is 0 Å². The van der Waals surface area contributed by atoms with Crippen molar-refractivity contribution in [1.82, 2.24) is 0 Å². The van der Waals surface area contributed by atoms with Gasteiger partial charge >= 0.3 is 17.9 Å². The number of ketones is 2. The fourth-order valence-electron chi connectivity index (χ4n) is 9.07. The van der Waals surface area contributed by atoms with Crippen molar-refractivity contribution in [2.45, 2.75) is 152 Å². The molecule has 2 aliphatic carbocycles. The summed E-state index contributed by atoms with van der Waals surface area (Å²) in [5, 5.41) is 37.4. The first kappa shape index (κ1) is 59.9. The maximum atomic E-state index is 13.4. The molecule has 0 saturated carbocycles. The van der Waals surface area contributed by atoms with Crippen LogP contribution in [0.1, 0.15) is 145 Å².